The summed E-state index contributed by atoms with van der Waals surface area (Å²) in [5.41, 5.74) is 1.53. The molecule has 0 aromatic heterocycles. The Morgan fingerprint density at radius 3 is 2.79 bits per heavy atom. The number of anilines is 1. The molecule has 0 N–H and O–H groups in total. The van der Waals surface area contributed by atoms with Crippen LogP contribution in [0.2, 0.25) is 5.02 Å². The average Bonchev–Trinajstić information content (AvgIpc) is 2.83. The topological polar surface area (TPSA) is 29.5 Å². The van der Waals surface area contributed by atoms with Gasteiger partial charge in [-0.1, -0.05) is 59.8 Å². The highest BCUT2D eigenvalue weighted by Gasteiger charge is 2.33. The Hall–Kier alpha value is -1.82. The third-order valence-electron chi connectivity index (χ3n) is 3.37. The van der Waals surface area contributed by atoms with Crippen molar-refractivity contribution in [1.82, 2.24) is 0 Å². The number of thiocarbonyl (C=S) groups is 1. The molecule has 1 fully saturated rings. The molecule has 1 heterocycles. The normalized spacial score (nSPS) is 16.1. The number of nitrogens with zero attached hydrogens (tertiary/aromatic N) is 1. The first kappa shape index (κ1) is 17.0. The Morgan fingerprint density at radius 1 is 1.25 bits per heavy atom. The largest absolute Gasteiger partial charge is 0.493 e. The number of rotatable bonds is 4. The summed E-state index contributed by atoms with van der Waals surface area (Å²) in [5.74, 6) is 0.589. The molecule has 0 spiro atoms. The van der Waals surface area contributed by atoms with Gasteiger partial charge in [0.1, 0.15) is 5.75 Å². The number of benzene rings is 2. The van der Waals surface area contributed by atoms with Crippen LogP contribution in [0, 0.1) is 0 Å². The van der Waals surface area contributed by atoms with Gasteiger partial charge in [0, 0.05) is 10.6 Å². The third kappa shape index (κ3) is 3.48. The second kappa shape index (κ2) is 7.38. The number of hydrogen-bond donors (Lipinski definition) is 0. The predicted molar refractivity (Wildman–Crippen MR) is 105 cm³/mol. The number of thioether (sulfide) groups is 1. The van der Waals surface area contributed by atoms with E-state index in [0.29, 0.717) is 26.5 Å². The van der Waals surface area contributed by atoms with Gasteiger partial charge in [-0.25, -0.2) is 0 Å². The summed E-state index contributed by atoms with van der Waals surface area (Å²) in [4.78, 5) is 14.8. The van der Waals surface area contributed by atoms with E-state index in [2.05, 4.69) is 0 Å². The minimum absolute atomic E-state index is 0.154. The molecule has 0 atom stereocenters. The summed E-state index contributed by atoms with van der Waals surface area (Å²) in [6.45, 7) is 2.49. The number of carbonyl (C=O) groups excluding carboxylic acids is 1. The van der Waals surface area contributed by atoms with Crippen LogP contribution in [0.5, 0.6) is 5.75 Å². The van der Waals surface area contributed by atoms with E-state index in [-0.39, 0.29) is 5.91 Å². The summed E-state index contributed by atoms with van der Waals surface area (Å²) in [7, 11) is 0. The van der Waals surface area contributed by atoms with Crippen LogP contribution in [0.1, 0.15) is 12.5 Å². The van der Waals surface area contributed by atoms with Gasteiger partial charge in [0.2, 0.25) is 0 Å². The molecular formula is C18H14ClNO2S2. The molecule has 0 unspecified atom stereocenters. The van der Waals surface area contributed by atoms with Crippen molar-refractivity contribution in [3.63, 3.8) is 0 Å². The van der Waals surface area contributed by atoms with Crippen molar-refractivity contribution in [1.29, 1.82) is 0 Å². The Labute approximate surface area is 155 Å². The number of amides is 1. The van der Waals surface area contributed by atoms with Crippen LogP contribution >= 0.6 is 35.6 Å². The molecule has 122 valence electrons. The van der Waals surface area contributed by atoms with E-state index in [1.54, 1.807) is 18.2 Å². The number of carbonyl (C=O) groups is 1. The SMILES string of the molecule is CCOc1ccccc1/C=C1\SC(=S)N(c2cccc(Cl)c2)C1=O. The van der Waals surface area contributed by atoms with E-state index >= 15 is 0 Å². The molecular weight excluding hydrogens is 362 g/mol. The first-order chi connectivity index (χ1) is 11.6. The summed E-state index contributed by atoms with van der Waals surface area (Å²) < 4.78 is 6.10. The molecule has 2 aromatic rings. The van der Waals surface area contributed by atoms with Crippen molar-refractivity contribution in [2.75, 3.05) is 11.5 Å². The second-order valence-electron chi connectivity index (χ2n) is 4.97. The van der Waals surface area contributed by atoms with Gasteiger partial charge in [0.15, 0.2) is 4.32 Å². The summed E-state index contributed by atoms with van der Waals surface area (Å²) in [5, 5.41) is 0.562. The molecule has 0 bridgehead atoms. The van der Waals surface area contributed by atoms with Crippen LogP contribution in [0.15, 0.2) is 53.4 Å². The molecule has 3 nitrogen and oxygen atoms in total. The molecule has 24 heavy (non-hydrogen) atoms. The Kier molecular flexibility index (Phi) is 5.23. The minimum atomic E-state index is -0.154. The smallest absolute Gasteiger partial charge is 0.270 e. The Bertz CT molecular complexity index is 835. The van der Waals surface area contributed by atoms with Gasteiger partial charge in [0.25, 0.3) is 5.91 Å². The maximum atomic E-state index is 12.8. The van der Waals surface area contributed by atoms with Crippen molar-refractivity contribution in [2.45, 2.75) is 6.92 Å². The van der Waals surface area contributed by atoms with E-state index in [0.717, 1.165) is 11.3 Å². The van der Waals surface area contributed by atoms with Crippen molar-refractivity contribution in [2.24, 2.45) is 0 Å². The highest BCUT2D eigenvalue weighted by atomic mass is 35.5. The van der Waals surface area contributed by atoms with Crippen LogP contribution in [0.25, 0.3) is 6.08 Å². The third-order valence-corrected chi connectivity index (χ3v) is 4.90. The van der Waals surface area contributed by atoms with Crippen LogP contribution in [0.4, 0.5) is 5.69 Å². The van der Waals surface area contributed by atoms with Crippen molar-refractivity contribution in [3.8, 4) is 5.75 Å². The fourth-order valence-corrected chi connectivity index (χ4v) is 3.81. The lowest BCUT2D eigenvalue weighted by atomic mass is 10.2. The van der Waals surface area contributed by atoms with Gasteiger partial charge >= 0.3 is 0 Å². The van der Waals surface area contributed by atoms with E-state index in [4.69, 9.17) is 28.6 Å². The van der Waals surface area contributed by atoms with Crippen molar-refractivity contribution in [3.05, 3.63) is 64.0 Å². The average molecular weight is 376 g/mol. The zero-order valence-corrected chi connectivity index (χ0v) is 15.3. The van der Waals surface area contributed by atoms with Gasteiger partial charge < -0.3 is 4.74 Å². The van der Waals surface area contributed by atoms with Crippen molar-refractivity contribution >= 4 is 57.6 Å². The number of ether oxygens (including phenoxy) is 1. The first-order valence-corrected chi connectivity index (χ1v) is 8.95. The Morgan fingerprint density at radius 2 is 2.04 bits per heavy atom. The van der Waals surface area contributed by atoms with Gasteiger partial charge in [-0.15, -0.1) is 0 Å². The maximum Gasteiger partial charge on any atom is 0.270 e. The fourth-order valence-electron chi connectivity index (χ4n) is 2.33. The first-order valence-electron chi connectivity index (χ1n) is 7.35. The summed E-state index contributed by atoms with van der Waals surface area (Å²) in [6.07, 6.45) is 1.81. The van der Waals surface area contributed by atoms with Crippen LogP contribution < -0.4 is 9.64 Å². The highest BCUT2D eigenvalue weighted by molar-refractivity contribution is 8.27. The van der Waals surface area contributed by atoms with Crippen LogP contribution in [-0.4, -0.2) is 16.8 Å². The molecule has 0 aliphatic carbocycles. The molecule has 2 aromatic carbocycles. The molecule has 3 rings (SSSR count). The van der Waals surface area contributed by atoms with Crippen LogP contribution in [-0.2, 0) is 4.79 Å². The molecule has 6 heteroatoms. The molecule has 1 saturated heterocycles. The number of halogens is 1. The molecule has 1 aliphatic rings. The summed E-state index contributed by atoms with van der Waals surface area (Å²) in [6, 6.07) is 14.7. The van der Waals surface area contributed by atoms with E-state index < -0.39 is 0 Å². The lowest BCUT2D eigenvalue weighted by Crippen LogP contribution is -2.27. The standard InChI is InChI=1S/C18H14ClNO2S2/c1-2-22-15-9-4-3-6-12(15)10-16-17(21)20(18(23)24-16)14-8-5-7-13(19)11-14/h3-11H,2H2,1H3/b16-10-. The molecule has 0 saturated carbocycles. The van der Waals surface area contributed by atoms with Gasteiger partial charge in [0.05, 0.1) is 17.2 Å². The Balaban J connectivity index is 1.94. The summed E-state index contributed by atoms with van der Waals surface area (Å²) >= 11 is 12.7. The highest BCUT2D eigenvalue weighted by Crippen LogP contribution is 2.37. The lowest BCUT2D eigenvalue weighted by molar-refractivity contribution is -0.113. The van der Waals surface area contributed by atoms with E-state index in [1.807, 2.05) is 43.3 Å². The predicted octanol–water partition coefficient (Wildman–Crippen LogP) is 5.14. The zero-order valence-electron chi connectivity index (χ0n) is 12.9. The monoisotopic (exact) mass is 375 g/mol. The lowest BCUT2D eigenvalue weighted by Gasteiger charge is -2.14. The van der Waals surface area contributed by atoms with E-state index in [9.17, 15) is 4.79 Å². The fraction of sp³-hybridized carbons (Fsp3) is 0.111. The second-order valence-corrected chi connectivity index (χ2v) is 7.08. The number of para-hydroxylation sites is 1. The zero-order chi connectivity index (χ0) is 17.1. The van der Waals surface area contributed by atoms with Crippen LogP contribution in [0.3, 0.4) is 0 Å². The molecule has 1 aliphatic heterocycles. The molecule has 0 radical (unpaired) electrons. The number of hydrogen-bond acceptors (Lipinski definition) is 4. The maximum absolute atomic E-state index is 12.8. The van der Waals surface area contributed by atoms with Gasteiger partial charge in [-0.3, -0.25) is 9.69 Å². The van der Waals surface area contributed by atoms with Gasteiger partial charge in [-0.2, -0.15) is 0 Å². The quantitative estimate of drug-likeness (QED) is 0.546. The van der Waals surface area contributed by atoms with Gasteiger partial charge in [-0.05, 0) is 37.3 Å². The molecule has 1 amide bonds. The van der Waals surface area contributed by atoms with E-state index in [1.165, 1.54) is 16.7 Å². The van der Waals surface area contributed by atoms with Crippen molar-refractivity contribution < 1.29 is 9.53 Å². The minimum Gasteiger partial charge on any atom is -0.493 e.